The first kappa shape index (κ1) is 14.9. The Hall–Kier alpha value is -0.450. The van der Waals surface area contributed by atoms with Crippen LogP contribution < -0.4 is 5.32 Å². The van der Waals surface area contributed by atoms with Crippen molar-refractivity contribution in [2.45, 2.75) is 51.5 Å². The third-order valence-electron chi connectivity index (χ3n) is 4.08. The summed E-state index contributed by atoms with van der Waals surface area (Å²) in [6, 6.07) is 0. The Morgan fingerprint density at radius 2 is 2.11 bits per heavy atom. The maximum atomic E-state index is 4.92. The van der Waals surface area contributed by atoms with Gasteiger partial charge in [-0.25, -0.2) is 4.98 Å². The van der Waals surface area contributed by atoms with Gasteiger partial charge in [0.2, 0.25) is 0 Å². The molecule has 2 heterocycles. The van der Waals surface area contributed by atoms with Crippen LogP contribution in [0.3, 0.4) is 0 Å². The molecule has 0 aliphatic carbocycles. The molecule has 0 saturated carbocycles. The number of thiazole rings is 1. The minimum atomic E-state index is 0.125. The van der Waals surface area contributed by atoms with Crippen LogP contribution in [0.4, 0.5) is 0 Å². The van der Waals surface area contributed by atoms with Gasteiger partial charge < -0.3 is 10.2 Å². The first-order chi connectivity index (χ1) is 9.07. The van der Waals surface area contributed by atoms with Crippen LogP contribution in [-0.2, 0) is 5.54 Å². The van der Waals surface area contributed by atoms with E-state index in [0.717, 1.165) is 19.6 Å². The molecule has 3 nitrogen and oxygen atoms in total. The highest BCUT2D eigenvalue weighted by Gasteiger charge is 2.37. The standard InChI is InChI=1S/C15H27N3S/c1-5-8-16-15(6-9-18(4)10-7-15)14-17-13(11-19-14)12(2)3/h11-12,16H,5-10H2,1-4H3. The first-order valence-corrected chi connectivity index (χ1v) is 8.35. The van der Waals surface area contributed by atoms with Crippen LogP contribution in [0.1, 0.15) is 56.7 Å². The summed E-state index contributed by atoms with van der Waals surface area (Å²) in [5.41, 5.74) is 1.37. The van der Waals surface area contributed by atoms with Crippen molar-refractivity contribution in [3.63, 3.8) is 0 Å². The number of nitrogens with one attached hydrogen (secondary N) is 1. The van der Waals surface area contributed by atoms with Crippen LogP contribution in [0.5, 0.6) is 0 Å². The molecular weight excluding hydrogens is 254 g/mol. The van der Waals surface area contributed by atoms with E-state index in [1.165, 1.54) is 30.0 Å². The lowest BCUT2D eigenvalue weighted by Gasteiger charge is -2.40. The van der Waals surface area contributed by atoms with Gasteiger partial charge in [0.1, 0.15) is 5.01 Å². The monoisotopic (exact) mass is 281 g/mol. The fourth-order valence-electron chi connectivity index (χ4n) is 2.60. The SMILES string of the molecule is CCCNC1(c2nc(C(C)C)cs2)CCN(C)CC1. The van der Waals surface area contributed by atoms with E-state index in [4.69, 9.17) is 4.98 Å². The number of rotatable bonds is 5. The second kappa shape index (κ2) is 6.33. The molecule has 0 spiro atoms. The molecule has 1 aliphatic heterocycles. The van der Waals surface area contributed by atoms with E-state index < -0.39 is 0 Å². The van der Waals surface area contributed by atoms with Crippen molar-refractivity contribution in [2.24, 2.45) is 0 Å². The lowest BCUT2D eigenvalue weighted by molar-refractivity contribution is 0.156. The van der Waals surface area contributed by atoms with Crippen molar-refractivity contribution >= 4 is 11.3 Å². The van der Waals surface area contributed by atoms with Gasteiger partial charge in [0.25, 0.3) is 0 Å². The molecule has 0 bridgehead atoms. The molecular formula is C15H27N3S. The van der Waals surface area contributed by atoms with Crippen molar-refractivity contribution < 1.29 is 0 Å². The molecule has 1 aromatic heterocycles. The van der Waals surface area contributed by atoms with Gasteiger partial charge in [-0.1, -0.05) is 20.8 Å². The molecule has 108 valence electrons. The predicted octanol–water partition coefficient (Wildman–Crippen LogP) is 3.19. The average molecular weight is 281 g/mol. The second-order valence-corrected chi connectivity index (χ2v) is 6.90. The highest BCUT2D eigenvalue weighted by atomic mass is 32.1. The maximum absolute atomic E-state index is 4.92. The fourth-order valence-corrected chi connectivity index (χ4v) is 3.82. The quantitative estimate of drug-likeness (QED) is 0.898. The van der Waals surface area contributed by atoms with Crippen molar-refractivity contribution in [1.29, 1.82) is 0 Å². The predicted molar refractivity (Wildman–Crippen MR) is 82.9 cm³/mol. The minimum absolute atomic E-state index is 0.125. The van der Waals surface area contributed by atoms with Crippen molar-refractivity contribution in [3.8, 4) is 0 Å². The molecule has 1 fully saturated rings. The third-order valence-corrected chi connectivity index (χ3v) is 5.14. The molecule has 0 aromatic carbocycles. The maximum Gasteiger partial charge on any atom is 0.113 e. The Bertz CT molecular complexity index is 386. The highest BCUT2D eigenvalue weighted by Crippen LogP contribution is 2.35. The topological polar surface area (TPSA) is 28.2 Å². The van der Waals surface area contributed by atoms with Crippen molar-refractivity contribution in [1.82, 2.24) is 15.2 Å². The van der Waals surface area contributed by atoms with Crippen molar-refractivity contribution in [2.75, 3.05) is 26.7 Å². The molecule has 1 aromatic rings. The van der Waals surface area contributed by atoms with E-state index in [1.54, 1.807) is 0 Å². The Morgan fingerprint density at radius 3 is 2.63 bits per heavy atom. The summed E-state index contributed by atoms with van der Waals surface area (Å²) < 4.78 is 0. The Morgan fingerprint density at radius 1 is 1.42 bits per heavy atom. The molecule has 4 heteroatoms. The van der Waals surface area contributed by atoms with Crippen LogP contribution in [0.15, 0.2) is 5.38 Å². The number of nitrogens with zero attached hydrogens (tertiary/aromatic N) is 2. The zero-order valence-electron chi connectivity index (χ0n) is 12.7. The van der Waals surface area contributed by atoms with E-state index in [2.05, 4.69) is 43.4 Å². The summed E-state index contributed by atoms with van der Waals surface area (Å²) in [5, 5.41) is 7.34. The van der Waals surface area contributed by atoms with Crippen LogP contribution in [0.25, 0.3) is 0 Å². The molecule has 19 heavy (non-hydrogen) atoms. The Kier molecular flexibility index (Phi) is 4.98. The molecule has 1 aliphatic rings. The van der Waals surface area contributed by atoms with Crippen LogP contribution in [0.2, 0.25) is 0 Å². The lowest BCUT2D eigenvalue weighted by atomic mass is 9.88. The average Bonchev–Trinajstić information content (AvgIpc) is 2.89. The smallest absolute Gasteiger partial charge is 0.113 e. The van der Waals surface area contributed by atoms with Crippen molar-refractivity contribution in [3.05, 3.63) is 16.1 Å². The second-order valence-electron chi connectivity index (χ2n) is 6.04. The number of hydrogen-bond acceptors (Lipinski definition) is 4. The molecule has 0 unspecified atom stereocenters. The van der Waals surface area contributed by atoms with Gasteiger partial charge in [-0.05, 0) is 38.8 Å². The van der Waals surface area contributed by atoms with Gasteiger partial charge >= 0.3 is 0 Å². The Balaban J connectivity index is 2.20. The van der Waals surface area contributed by atoms with Crippen LogP contribution >= 0.6 is 11.3 Å². The Labute approximate surface area is 121 Å². The van der Waals surface area contributed by atoms with Crippen LogP contribution in [0, 0.1) is 0 Å². The van der Waals surface area contributed by atoms with E-state index in [1.807, 2.05) is 11.3 Å². The molecule has 0 amide bonds. The minimum Gasteiger partial charge on any atom is -0.306 e. The molecule has 0 radical (unpaired) electrons. The van der Waals surface area contributed by atoms with Gasteiger partial charge in [-0.15, -0.1) is 11.3 Å². The van der Waals surface area contributed by atoms with Gasteiger partial charge in [0, 0.05) is 18.5 Å². The van der Waals surface area contributed by atoms with Gasteiger partial charge in [-0.3, -0.25) is 0 Å². The third kappa shape index (κ3) is 3.36. The number of likely N-dealkylation sites (tertiary alicyclic amines) is 1. The number of piperidine rings is 1. The van der Waals surface area contributed by atoms with Gasteiger partial charge in [0.05, 0.1) is 11.2 Å². The summed E-state index contributed by atoms with van der Waals surface area (Å²) in [6.07, 6.45) is 3.53. The summed E-state index contributed by atoms with van der Waals surface area (Å²) in [5.74, 6) is 0.527. The first-order valence-electron chi connectivity index (χ1n) is 7.47. The van der Waals surface area contributed by atoms with E-state index in [9.17, 15) is 0 Å². The highest BCUT2D eigenvalue weighted by molar-refractivity contribution is 7.09. The van der Waals surface area contributed by atoms with Crippen LogP contribution in [-0.4, -0.2) is 36.6 Å². The zero-order valence-corrected chi connectivity index (χ0v) is 13.5. The molecule has 1 saturated heterocycles. The van der Waals surface area contributed by atoms with E-state index in [0.29, 0.717) is 5.92 Å². The molecule has 1 N–H and O–H groups in total. The van der Waals surface area contributed by atoms with E-state index in [-0.39, 0.29) is 5.54 Å². The van der Waals surface area contributed by atoms with E-state index >= 15 is 0 Å². The zero-order chi connectivity index (χ0) is 13.9. The summed E-state index contributed by atoms with van der Waals surface area (Å²) in [6.45, 7) is 10.1. The lowest BCUT2D eigenvalue weighted by Crippen LogP contribution is -2.50. The molecule has 0 atom stereocenters. The number of aromatic nitrogens is 1. The summed E-state index contributed by atoms with van der Waals surface area (Å²) >= 11 is 1.84. The normalized spacial score (nSPS) is 20.1. The number of hydrogen-bond donors (Lipinski definition) is 1. The summed E-state index contributed by atoms with van der Waals surface area (Å²) in [4.78, 5) is 7.34. The molecule has 2 rings (SSSR count). The largest absolute Gasteiger partial charge is 0.306 e. The van der Waals surface area contributed by atoms with Gasteiger partial charge in [-0.2, -0.15) is 0 Å². The van der Waals surface area contributed by atoms with Gasteiger partial charge in [0.15, 0.2) is 0 Å². The summed E-state index contributed by atoms with van der Waals surface area (Å²) in [7, 11) is 2.21. The fraction of sp³-hybridized carbons (Fsp3) is 0.800.